The first-order chi connectivity index (χ1) is 10.6. The molecule has 1 N–H and O–H groups in total. The van der Waals surface area contributed by atoms with E-state index in [4.69, 9.17) is 0 Å². The first-order valence-corrected chi connectivity index (χ1v) is 8.73. The predicted octanol–water partition coefficient (Wildman–Crippen LogP) is 3.81. The Labute approximate surface area is 134 Å². The minimum atomic E-state index is -0.908. The summed E-state index contributed by atoms with van der Waals surface area (Å²) in [5.41, 5.74) is 0. The topological polar surface area (TPSA) is 57.6 Å². The van der Waals surface area contributed by atoms with E-state index in [1.54, 1.807) is 11.3 Å². The van der Waals surface area contributed by atoms with Gasteiger partial charge in [0.15, 0.2) is 0 Å². The number of nitrogens with zero attached hydrogens (tertiary/aromatic N) is 1. The lowest BCUT2D eigenvalue weighted by Crippen LogP contribution is -2.40. The van der Waals surface area contributed by atoms with Gasteiger partial charge in [-0.25, -0.2) is 4.79 Å². The summed E-state index contributed by atoms with van der Waals surface area (Å²) >= 11 is 3.14. The zero-order valence-electron chi connectivity index (χ0n) is 11.6. The molecule has 0 bridgehead atoms. The molecule has 0 aliphatic carbocycles. The average Bonchev–Trinajstić information content (AvgIpc) is 3.20. The van der Waals surface area contributed by atoms with Crippen molar-refractivity contribution in [2.75, 3.05) is 6.54 Å². The van der Waals surface area contributed by atoms with E-state index in [0.717, 1.165) is 15.8 Å². The second-order valence-electron chi connectivity index (χ2n) is 5.40. The van der Waals surface area contributed by atoms with Crippen LogP contribution in [0.25, 0.3) is 19.5 Å². The van der Waals surface area contributed by atoms with E-state index in [1.165, 1.54) is 26.3 Å². The fourth-order valence-corrected chi connectivity index (χ4v) is 5.49. The molecule has 0 saturated carbocycles. The van der Waals surface area contributed by atoms with Gasteiger partial charge in [0, 0.05) is 21.3 Å². The minimum Gasteiger partial charge on any atom is -0.480 e. The van der Waals surface area contributed by atoms with Crippen molar-refractivity contribution in [3.05, 3.63) is 35.2 Å². The standard InChI is InChI=1S/C16H13NO3S2/c18-15(17-7-3-5-10(17)16(19)20)13-8-12-14(22-13)9-4-1-2-6-11(9)21-12/h1-2,4,6,8,10H,3,5,7H2,(H,19,20)/t10-/m0/s1. The van der Waals surface area contributed by atoms with Gasteiger partial charge in [-0.15, -0.1) is 22.7 Å². The van der Waals surface area contributed by atoms with Crippen LogP contribution in [0, 0.1) is 0 Å². The molecule has 1 aliphatic rings. The van der Waals surface area contributed by atoms with Crippen molar-refractivity contribution in [1.29, 1.82) is 0 Å². The van der Waals surface area contributed by atoms with E-state index in [2.05, 4.69) is 12.1 Å². The Morgan fingerprint density at radius 1 is 1.18 bits per heavy atom. The number of carbonyl (C=O) groups is 2. The second kappa shape index (κ2) is 5.07. The molecule has 1 saturated heterocycles. The summed E-state index contributed by atoms with van der Waals surface area (Å²) in [4.78, 5) is 26.0. The average molecular weight is 331 g/mol. The van der Waals surface area contributed by atoms with Crippen LogP contribution in [-0.2, 0) is 4.79 Å². The number of hydrogen-bond acceptors (Lipinski definition) is 4. The molecular weight excluding hydrogens is 318 g/mol. The number of likely N-dealkylation sites (tertiary alicyclic amines) is 1. The summed E-state index contributed by atoms with van der Waals surface area (Å²) in [5.74, 6) is -1.06. The van der Waals surface area contributed by atoms with Gasteiger partial charge >= 0.3 is 5.97 Å². The molecule has 2 aromatic heterocycles. The first-order valence-electron chi connectivity index (χ1n) is 7.10. The predicted molar refractivity (Wildman–Crippen MR) is 88.9 cm³/mol. The highest BCUT2D eigenvalue weighted by atomic mass is 32.1. The largest absolute Gasteiger partial charge is 0.480 e. The lowest BCUT2D eigenvalue weighted by Gasteiger charge is -2.20. The van der Waals surface area contributed by atoms with Crippen LogP contribution in [-0.4, -0.2) is 34.5 Å². The number of carboxylic acid groups (broad SMARTS) is 1. The third kappa shape index (κ3) is 2.02. The van der Waals surface area contributed by atoms with Gasteiger partial charge in [-0.2, -0.15) is 0 Å². The van der Waals surface area contributed by atoms with Gasteiger partial charge in [0.1, 0.15) is 6.04 Å². The summed E-state index contributed by atoms with van der Waals surface area (Å²) in [5, 5.41) is 10.4. The number of thiophene rings is 2. The molecule has 1 aliphatic heterocycles. The van der Waals surface area contributed by atoms with E-state index in [-0.39, 0.29) is 5.91 Å². The maximum absolute atomic E-state index is 12.6. The third-order valence-electron chi connectivity index (χ3n) is 4.06. The summed E-state index contributed by atoms with van der Waals surface area (Å²) in [7, 11) is 0. The molecule has 0 spiro atoms. The minimum absolute atomic E-state index is 0.151. The highest BCUT2D eigenvalue weighted by molar-refractivity contribution is 7.33. The number of rotatable bonds is 2. The van der Waals surface area contributed by atoms with Gasteiger partial charge in [-0.3, -0.25) is 4.79 Å². The SMILES string of the molecule is O=C(O)[C@@H]1CCCN1C(=O)c1cc2sc3ccccc3c2s1. The first kappa shape index (κ1) is 13.7. The van der Waals surface area contributed by atoms with Crippen LogP contribution in [0.1, 0.15) is 22.5 Å². The van der Waals surface area contributed by atoms with E-state index in [1.807, 2.05) is 18.2 Å². The fraction of sp³-hybridized carbons (Fsp3) is 0.250. The Morgan fingerprint density at radius 2 is 2.00 bits per heavy atom. The monoisotopic (exact) mass is 331 g/mol. The molecule has 1 atom stereocenters. The van der Waals surface area contributed by atoms with Crippen molar-refractivity contribution in [2.45, 2.75) is 18.9 Å². The van der Waals surface area contributed by atoms with E-state index in [0.29, 0.717) is 17.8 Å². The Hall–Kier alpha value is -1.92. The van der Waals surface area contributed by atoms with Crippen LogP contribution in [0.2, 0.25) is 0 Å². The summed E-state index contributed by atoms with van der Waals surface area (Å²) in [6.45, 7) is 0.530. The number of carboxylic acids is 1. The molecule has 0 radical (unpaired) electrons. The lowest BCUT2D eigenvalue weighted by atomic mass is 10.2. The van der Waals surface area contributed by atoms with Gasteiger partial charge < -0.3 is 10.0 Å². The van der Waals surface area contributed by atoms with Crippen molar-refractivity contribution in [2.24, 2.45) is 0 Å². The van der Waals surface area contributed by atoms with Crippen LogP contribution in [0.4, 0.5) is 0 Å². The fourth-order valence-electron chi connectivity index (χ4n) is 3.01. The molecular formula is C16H13NO3S2. The zero-order chi connectivity index (χ0) is 15.3. The third-order valence-corrected chi connectivity index (χ3v) is 6.46. The van der Waals surface area contributed by atoms with Crippen molar-refractivity contribution in [3.8, 4) is 0 Å². The summed E-state index contributed by atoms with van der Waals surface area (Å²) in [6, 6.07) is 9.38. The molecule has 3 aromatic rings. The maximum Gasteiger partial charge on any atom is 0.326 e. The smallest absolute Gasteiger partial charge is 0.326 e. The number of aliphatic carboxylic acids is 1. The molecule has 4 nitrogen and oxygen atoms in total. The maximum atomic E-state index is 12.6. The number of fused-ring (bicyclic) bond motifs is 3. The Kier molecular flexibility index (Phi) is 3.16. The molecule has 112 valence electrons. The molecule has 1 aromatic carbocycles. The van der Waals surface area contributed by atoms with Gasteiger partial charge in [-0.1, -0.05) is 18.2 Å². The van der Waals surface area contributed by atoms with Crippen LogP contribution < -0.4 is 0 Å². The molecule has 1 amide bonds. The molecule has 6 heteroatoms. The number of amides is 1. The van der Waals surface area contributed by atoms with Crippen molar-refractivity contribution >= 4 is 54.0 Å². The quantitative estimate of drug-likeness (QED) is 0.777. The molecule has 1 fully saturated rings. The van der Waals surface area contributed by atoms with Gasteiger partial charge in [0.25, 0.3) is 5.91 Å². The van der Waals surface area contributed by atoms with Crippen LogP contribution >= 0.6 is 22.7 Å². The molecule has 0 unspecified atom stereocenters. The second-order valence-corrected chi connectivity index (χ2v) is 7.53. The van der Waals surface area contributed by atoms with Gasteiger partial charge in [-0.05, 0) is 25.0 Å². The lowest BCUT2D eigenvalue weighted by molar-refractivity contribution is -0.141. The number of hydrogen-bond donors (Lipinski definition) is 1. The summed E-state index contributed by atoms with van der Waals surface area (Å²) < 4.78 is 3.43. The van der Waals surface area contributed by atoms with Crippen molar-refractivity contribution in [3.63, 3.8) is 0 Å². The Balaban J connectivity index is 1.74. The van der Waals surface area contributed by atoms with E-state index < -0.39 is 12.0 Å². The molecule has 22 heavy (non-hydrogen) atoms. The van der Waals surface area contributed by atoms with Crippen LogP contribution in [0.3, 0.4) is 0 Å². The highest BCUT2D eigenvalue weighted by Crippen LogP contribution is 2.40. The zero-order valence-corrected chi connectivity index (χ0v) is 13.2. The van der Waals surface area contributed by atoms with Crippen molar-refractivity contribution in [1.82, 2.24) is 4.90 Å². The van der Waals surface area contributed by atoms with Crippen molar-refractivity contribution < 1.29 is 14.7 Å². The van der Waals surface area contributed by atoms with Crippen LogP contribution in [0.15, 0.2) is 30.3 Å². The van der Waals surface area contributed by atoms with Gasteiger partial charge in [0.05, 0.1) is 9.58 Å². The Bertz CT molecular complexity index is 895. The molecule has 4 rings (SSSR count). The van der Waals surface area contributed by atoms with Crippen LogP contribution in [0.5, 0.6) is 0 Å². The number of benzene rings is 1. The number of carbonyl (C=O) groups excluding carboxylic acids is 1. The normalized spacial score (nSPS) is 18.4. The highest BCUT2D eigenvalue weighted by Gasteiger charge is 2.35. The van der Waals surface area contributed by atoms with E-state index >= 15 is 0 Å². The molecule has 3 heterocycles. The van der Waals surface area contributed by atoms with Gasteiger partial charge in [0.2, 0.25) is 0 Å². The summed E-state index contributed by atoms with van der Waals surface area (Å²) in [6.07, 6.45) is 1.30. The van der Waals surface area contributed by atoms with E-state index in [9.17, 15) is 14.7 Å². The Morgan fingerprint density at radius 3 is 2.82 bits per heavy atom.